The third-order valence-electron chi connectivity index (χ3n) is 2.77. The van der Waals surface area contributed by atoms with Crippen molar-refractivity contribution in [1.82, 2.24) is 4.31 Å². The van der Waals surface area contributed by atoms with Crippen LogP contribution in [0.2, 0.25) is 0 Å². The Morgan fingerprint density at radius 2 is 1.73 bits per heavy atom. The highest BCUT2D eigenvalue weighted by Gasteiger charge is 2.23. The van der Waals surface area contributed by atoms with Crippen molar-refractivity contribution >= 4 is 33.2 Å². The minimum Gasteiger partial charge on any atom is -0.326 e. The number of hydrogen-bond acceptors (Lipinski definition) is 4. The van der Waals surface area contributed by atoms with Gasteiger partial charge in [-0.1, -0.05) is 6.07 Å². The average Bonchev–Trinajstić information content (AvgIpc) is 2.33. The SMILES string of the molecule is CC(=O)Nc1cccc(NC(=O)CN(C(C)C)S(C)(=O)=O)c1. The number of anilines is 2. The fourth-order valence-electron chi connectivity index (χ4n) is 1.90. The second kappa shape index (κ2) is 7.37. The lowest BCUT2D eigenvalue weighted by Crippen LogP contribution is -2.41. The first-order chi connectivity index (χ1) is 10.1. The van der Waals surface area contributed by atoms with Gasteiger partial charge in [0.15, 0.2) is 0 Å². The number of sulfonamides is 1. The molecule has 2 amide bonds. The normalized spacial score (nSPS) is 11.5. The van der Waals surface area contributed by atoms with Crippen molar-refractivity contribution in [3.05, 3.63) is 24.3 Å². The van der Waals surface area contributed by atoms with Crippen LogP contribution in [-0.2, 0) is 19.6 Å². The van der Waals surface area contributed by atoms with Gasteiger partial charge in [0.25, 0.3) is 0 Å². The van der Waals surface area contributed by atoms with E-state index >= 15 is 0 Å². The quantitative estimate of drug-likeness (QED) is 0.822. The summed E-state index contributed by atoms with van der Waals surface area (Å²) in [5.74, 6) is -0.661. The molecule has 0 aliphatic carbocycles. The molecule has 0 radical (unpaired) electrons. The van der Waals surface area contributed by atoms with Crippen molar-refractivity contribution in [2.24, 2.45) is 0 Å². The maximum atomic E-state index is 12.0. The zero-order valence-electron chi connectivity index (χ0n) is 13.1. The van der Waals surface area contributed by atoms with Gasteiger partial charge >= 0.3 is 0 Å². The van der Waals surface area contributed by atoms with Gasteiger partial charge in [-0.25, -0.2) is 8.42 Å². The van der Waals surface area contributed by atoms with E-state index in [4.69, 9.17) is 0 Å². The van der Waals surface area contributed by atoms with E-state index in [-0.39, 0.29) is 18.5 Å². The van der Waals surface area contributed by atoms with Crippen molar-refractivity contribution in [3.63, 3.8) is 0 Å². The molecule has 0 aliphatic heterocycles. The molecule has 2 N–H and O–H groups in total. The maximum Gasteiger partial charge on any atom is 0.239 e. The molecular weight excluding hydrogens is 306 g/mol. The average molecular weight is 327 g/mol. The Morgan fingerprint density at radius 1 is 1.18 bits per heavy atom. The van der Waals surface area contributed by atoms with E-state index in [1.807, 2.05) is 0 Å². The lowest BCUT2D eigenvalue weighted by Gasteiger charge is -2.23. The number of nitrogens with zero attached hydrogens (tertiary/aromatic N) is 1. The second-order valence-electron chi connectivity index (χ2n) is 5.21. The Morgan fingerprint density at radius 3 is 2.18 bits per heavy atom. The first-order valence-electron chi connectivity index (χ1n) is 6.74. The van der Waals surface area contributed by atoms with Crippen LogP contribution in [0, 0.1) is 0 Å². The van der Waals surface area contributed by atoms with Gasteiger partial charge in [-0.05, 0) is 32.0 Å². The summed E-state index contributed by atoms with van der Waals surface area (Å²) >= 11 is 0. The Bertz CT molecular complexity index is 656. The third kappa shape index (κ3) is 5.82. The second-order valence-corrected chi connectivity index (χ2v) is 7.15. The van der Waals surface area contributed by atoms with Gasteiger partial charge in [0.1, 0.15) is 0 Å². The predicted octanol–water partition coefficient (Wildman–Crippen LogP) is 1.25. The molecular formula is C14H21N3O4S. The Kier molecular flexibility index (Phi) is 6.07. The first-order valence-corrected chi connectivity index (χ1v) is 8.58. The number of carbonyl (C=O) groups excluding carboxylic acids is 2. The van der Waals surface area contributed by atoms with Gasteiger partial charge < -0.3 is 10.6 Å². The zero-order chi connectivity index (χ0) is 16.9. The molecule has 122 valence electrons. The largest absolute Gasteiger partial charge is 0.326 e. The molecule has 22 heavy (non-hydrogen) atoms. The molecule has 0 aromatic heterocycles. The highest BCUT2D eigenvalue weighted by atomic mass is 32.2. The van der Waals surface area contributed by atoms with E-state index in [0.717, 1.165) is 10.6 Å². The van der Waals surface area contributed by atoms with E-state index in [1.54, 1.807) is 38.1 Å². The maximum absolute atomic E-state index is 12.0. The highest BCUT2D eigenvalue weighted by Crippen LogP contribution is 2.15. The van der Waals surface area contributed by atoms with Crippen LogP contribution < -0.4 is 10.6 Å². The lowest BCUT2D eigenvalue weighted by molar-refractivity contribution is -0.116. The van der Waals surface area contributed by atoms with Crippen molar-refractivity contribution < 1.29 is 18.0 Å². The van der Waals surface area contributed by atoms with Gasteiger partial charge in [0.05, 0.1) is 12.8 Å². The molecule has 0 saturated heterocycles. The summed E-state index contributed by atoms with van der Waals surface area (Å²) < 4.78 is 24.4. The standard InChI is InChI=1S/C14H21N3O4S/c1-10(2)17(22(4,20)21)9-14(19)16-13-7-5-6-12(8-13)15-11(3)18/h5-8,10H,9H2,1-4H3,(H,15,18)(H,16,19). The summed E-state index contributed by atoms with van der Waals surface area (Å²) in [6.07, 6.45) is 1.07. The lowest BCUT2D eigenvalue weighted by atomic mass is 10.2. The van der Waals surface area contributed by atoms with Gasteiger partial charge in [-0.3, -0.25) is 9.59 Å². The molecule has 0 unspecified atom stereocenters. The van der Waals surface area contributed by atoms with E-state index in [9.17, 15) is 18.0 Å². The van der Waals surface area contributed by atoms with Gasteiger partial charge in [-0.15, -0.1) is 0 Å². The van der Waals surface area contributed by atoms with Gasteiger partial charge in [0.2, 0.25) is 21.8 Å². The Balaban J connectivity index is 2.78. The smallest absolute Gasteiger partial charge is 0.239 e. The van der Waals surface area contributed by atoms with Crippen LogP contribution in [0.4, 0.5) is 11.4 Å². The summed E-state index contributed by atoms with van der Waals surface area (Å²) in [7, 11) is -3.46. The summed E-state index contributed by atoms with van der Waals surface area (Å²) in [4.78, 5) is 23.0. The number of rotatable bonds is 6. The molecule has 0 bridgehead atoms. The Hall–Kier alpha value is -1.93. The summed E-state index contributed by atoms with van der Waals surface area (Å²) in [6, 6.07) is 6.31. The number of benzene rings is 1. The van der Waals surface area contributed by atoms with Crippen LogP contribution in [-0.4, -0.2) is 43.4 Å². The molecule has 0 saturated carbocycles. The van der Waals surface area contributed by atoms with Gasteiger partial charge in [0, 0.05) is 24.3 Å². The predicted molar refractivity (Wildman–Crippen MR) is 86.1 cm³/mol. The topological polar surface area (TPSA) is 95.6 Å². The number of hydrogen-bond donors (Lipinski definition) is 2. The summed E-state index contributed by atoms with van der Waals surface area (Å²) in [5.41, 5.74) is 1.03. The molecule has 8 heteroatoms. The highest BCUT2D eigenvalue weighted by molar-refractivity contribution is 7.88. The van der Waals surface area contributed by atoms with Crippen LogP contribution >= 0.6 is 0 Å². The molecule has 1 aromatic carbocycles. The number of amides is 2. The molecule has 1 aromatic rings. The zero-order valence-corrected chi connectivity index (χ0v) is 13.9. The van der Waals surface area contributed by atoms with E-state index in [0.29, 0.717) is 11.4 Å². The monoisotopic (exact) mass is 327 g/mol. The van der Waals surface area contributed by atoms with Crippen molar-refractivity contribution in [3.8, 4) is 0 Å². The van der Waals surface area contributed by atoms with Gasteiger partial charge in [-0.2, -0.15) is 4.31 Å². The first kappa shape index (κ1) is 18.1. The van der Waals surface area contributed by atoms with E-state index < -0.39 is 15.9 Å². The molecule has 0 aliphatic rings. The molecule has 7 nitrogen and oxygen atoms in total. The summed E-state index contributed by atoms with van der Waals surface area (Å²) in [6.45, 7) is 4.52. The van der Waals surface area contributed by atoms with Crippen molar-refractivity contribution in [1.29, 1.82) is 0 Å². The molecule has 1 rings (SSSR count). The minimum absolute atomic E-state index is 0.216. The minimum atomic E-state index is -3.46. The molecule has 0 fully saturated rings. The number of nitrogens with one attached hydrogen (secondary N) is 2. The van der Waals surface area contributed by atoms with Crippen LogP contribution in [0.3, 0.4) is 0 Å². The molecule has 0 atom stereocenters. The van der Waals surface area contributed by atoms with E-state index in [2.05, 4.69) is 10.6 Å². The molecule has 0 heterocycles. The number of carbonyl (C=O) groups is 2. The van der Waals surface area contributed by atoms with Crippen LogP contribution in [0.25, 0.3) is 0 Å². The van der Waals surface area contributed by atoms with Crippen molar-refractivity contribution in [2.75, 3.05) is 23.4 Å². The summed E-state index contributed by atoms with van der Waals surface area (Å²) in [5, 5.41) is 5.22. The molecule has 0 spiro atoms. The van der Waals surface area contributed by atoms with Crippen LogP contribution in [0.15, 0.2) is 24.3 Å². The van der Waals surface area contributed by atoms with Crippen LogP contribution in [0.1, 0.15) is 20.8 Å². The van der Waals surface area contributed by atoms with E-state index in [1.165, 1.54) is 6.92 Å². The third-order valence-corrected chi connectivity index (χ3v) is 4.17. The fourth-order valence-corrected chi connectivity index (χ4v) is 3.02. The van der Waals surface area contributed by atoms with Crippen molar-refractivity contribution in [2.45, 2.75) is 26.8 Å². The Labute approximate surface area is 130 Å². The fraction of sp³-hybridized carbons (Fsp3) is 0.429. The van der Waals surface area contributed by atoms with Crippen LogP contribution in [0.5, 0.6) is 0 Å².